The predicted molar refractivity (Wildman–Crippen MR) is 130 cm³/mol. The van der Waals surface area contributed by atoms with Crippen LogP contribution in [0.1, 0.15) is 75.4 Å². The van der Waals surface area contributed by atoms with Crippen molar-refractivity contribution in [3.8, 4) is 11.8 Å². The molecule has 0 radical (unpaired) electrons. The van der Waals surface area contributed by atoms with Crippen molar-refractivity contribution in [2.45, 2.75) is 58.5 Å². The second-order valence-corrected chi connectivity index (χ2v) is 8.71. The summed E-state index contributed by atoms with van der Waals surface area (Å²) in [6.07, 6.45) is 2.77. The maximum Gasteiger partial charge on any atom is 0.259 e. The number of pyridine rings is 1. The molecule has 4 N–H and O–H groups in total. The quantitative estimate of drug-likeness (QED) is 0.368. The molecule has 11 heteroatoms. The molecule has 0 spiro atoms. The lowest BCUT2D eigenvalue weighted by Gasteiger charge is -2.24. The van der Waals surface area contributed by atoms with E-state index >= 15 is 0 Å². The second-order valence-electron chi connectivity index (χ2n) is 7.94. The summed E-state index contributed by atoms with van der Waals surface area (Å²) in [5, 5.41) is 22.5. The fraction of sp³-hybridized carbons (Fsp3) is 0.409. The number of hydrogen-bond donors (Lipinski definition) is 4. The van der Waals surface area contributed by atoms with Gasteiger partial charge in [-0.25, -0.2) is 0 Å². The maximum absolute atomic E-state index is 13.1. The van der Waals surface area contributed by atoms with Gasteiger partial charge >= 0.3 is 0 Å². The predicted octanol–water partition coefficient (Wildman–Crippen LogP) is 4.05. The van der Waals surface area contributed by atoms with Crippen LogP contribution >= 0.6 is 24.4 Å². The van der Waals surface area contributed by atoms with Crippen molar-refractivity contribution in [2.75, 3.05) is 0 Å². The highest BCUT2D eigenvalue weighted by molar-refractivity contribution is 7.71. The van der Waals surface area contributed by atoms with Gasteiger partial charge in [0.05, 0.1) is 22.7 Å². The summed E-state index contributed by atoms with van der Waals surface area (Å²) < 4.78 is 2.97. The first-order valence-electron chi connectivity index (χ1n) is 10.7. The average Bonchev–Trinajstić information content (AvgIpc) is 2.77. The van der Waals surface area contributed by atoms with Gasteiger partial charge in [0.25, 0.3) is 11.1 Å². The van der Waals surface area contributed by atoms with Crippen molar-refractivity contribution in [1.29, 1.82) is 0 Å². The van der Waals surface area contributed by atoms with Crippen molar-refractivity contribution in [3.05, 3.63) is 71.5 Å². The van der Waals surface area contributed by atoms with Crippen LogP contribution in [0.4, 0.5) is 0 Å². The third kappa shape index (κ3) is 4.42. The molecule has 3 heterocycles. The summed E-state index contributed by atoms with van der Waals surface area (Å²) >= 11 is 10.6. The summed E-state index contributed by atoms with van der Waals surface area (Å²) in [5.74, 6) is -1.95. The Kier molecular flexibility index (Phi) is 7.33. The number of H-pyrrole nitrogens is 2. The second kappa shape index (κ2) is 9.84. The van der Waals surface area contributed by atoms with Gasteiger partial charge in [-0.05, 0) is 63.3 Å². The van der Waals surface area contributed by atoms with Crippen LogP contribution in [0.2, 0.25) is 0 Å². The van der Waals surface area contributed by atoms with Gasteiger partial charge in [0.15, 0.2) is 9.54 Å². The molecule has 33 heavy (non-hydrogen) atoms. The number of aromatic amines is 2. The Hall–Kier alpha value is -3.05. The molecule has 3 rings (SSSR count). The van der Waals surface area contributed by atoms with E-state index in [4.69, 9.17) is 24.4 Å². The Morgan fingerprint density at radius 2 is 1.36 bits per heavy atom. The summed E-state index contributed by atoms with van der Waals surface area (Å²) in [4.78, 5) is 35.8. The molecule has 3 atom stereocenters. The maximum atomic E-state index is 13.1. The zero-order valence-corrected chi connectivity index (χ0v) is 20.5. The molecule has 0 aliphatic carbocycles. The molecule has 0 aliphatic rings. The van der Waals surface area contributed by atoms with Gasteiger partial charge in [0.2, 0.25) is 11.8 Å². The third-order valence-corrected chi connectivity index (χ3v) is 6.53. The van der Waals surface area contributed by atoms with E-state index in [9.17, 15) is 19.8 Å². The van der Waals surface area contributed by atoms with Crippen LogP contribution in [0.5, 0.6) is 11.8 Å². The first-order chi connectivity index (χ1) is 15.6. The first-order valence-corrected chi connectivity index (χ1v) is 11.5. The Labute approximate surface area is 200 Å². The molecular weight excluding hydrogens is 462 g/mol. The summed E-state index contributed by atoms with van der Waals surface area (Å²) in [5.41, 5.74) is -1.35. The zero-order chi connectivity index (χ0) is 24.4. The van der Waals surface area contributed by atoms with Crippen LogP contribution < -0.4 is 11.1 Å². The van der Waals surface area contributed by atoms with E-state index in [-0.39, 0.29) is 44.5 Å². The van der Waals surface area contributed by atoms with E-state index in [0.717, 1.165) is 0 Å². The van der Waals surface area contributed by atoms with E-state index in [2.05, 4.69) is 15.0 Å². The van der Waals surface area contributed by atoms with Crippen LogP contribution in [0, 0.1) is 9.54 Å². The van der Waals surface area contributed by atoms with Crippen molar-refractivity contribution in [1.82, 2.24) is 24.1 Å². The van der Waals surface area contributed by atoms with Crippen LogP contribution in [-0.4, -0.2) is 34.3 Å². The Morgan fingerprint density at radius 3 is 1.73 bits per heavy atom. The SMILES string of the molecule is CC[C@@H](C)n1c(O)c(C(c2ccccn2)c2c(O)n([C@@H](C)CC)c(=S)[nH]c2=O)c(=O)[nH]c1=S. The number of rotatable bonds is 7. The van der Waals surface area contributed by atoms with Crippen LogP contribution in [0.15, 0.2) is 34.0 Å². The molecular formula is C22H27N5O4S2. The smallest absolute Gasteiger partial charge is 0.259 e. The van der Waals surface area contributed by atoms with Crippen LogP contribution in [0.25, 0.3) is 0 Å². The molecule has 0 saturated heterocycles. The fourth-order valence-electron chi connectivity index (χ4n) is 3.79. The highest BCUT2D eigenvalue weighted by Crippen LogP contribution is 2.37. The zero-order valence-electron chi connectivity index (χ0n) is 18.8. The lowest BCUT2D eigenvalue weighted by Crippen LogP contribution is -2.29. The Morgan fingerprint density at radius 1 is 0.909 bits per heavy atom. The molecule has 0 fully saturated rings. The van der Waals surface area contributed by atoms with E-state index in [1.807, 2.05) is 27.7 Å². The van der Waals surface area contributed by atoms with E-state index in [0.29, 0.717) is 18.5 Å². The highest BCUT2D eigenvalue weighted by Gasteiger charge is 2.33. The molecule has 0 amide bonds. The normalized spacial score (nSPS) is 14.1. The van der Waals surface area contributed by atoms with E-state index in [1.165, 1.54) is 15.3 Å². The minimum Gasteiger partial charge on any atom is -0.494 e. The van der Waals surface area contributed by atoms with Gasteiger partial charge in [-0.2, -0.15) is 0 Å². The average molecular weight is 490 g/mol. The minimum atomic E-state index is -1.18. The van der Waals surface area contributed by atoms with Crippen LogP contribution in [0.3, 0.4) is 0 Å². The number of nitrogens with one attached hydrogen (secondary N) is 2. The van der Waals surface area contributed by atoms with E-state index < -0.39 is 17.0 Å². The lowest BCUT2D eigenvalue weighted by atomic mass is 9.89. The van der Waals surface area contributed by atoms with Gasteiger partial charge in [0, 0.05) is 18.3 Å². The Balaban J connectivity index is 2.50. The van der Waals surface area contributed by atoms with Gasteiger partial charge in [-0.1, -0.05) is 19.9 Å². The van der Waals surface area contributed by atoms with Crippen LogP contribution in [-0.2, 0) is 0 Å². The van der Waals surface area contributed by atoms with Gasteiger partial charge < -0.3 is 10.2 Å². The van der Waals surface area contributed by atoms with Gasteiger partial charge in [0.1, 0.15) is 0 Å². The molecule has 9 nitrogen and oxygen atoms in total. The number of aromatic hydroxyl groups is 2. The van der Waals surface area contributed by atoms with Gasteiger partial charge in [-0.15, -0.1) is 0 Å². The molecule has 0 saturated carbocycles. The third-order valence-electron chi connectivity index (χ3n) is 5.93. The molecule has 0 bridgehead atoms. The van der Waals surface area contributed by atoms with Gasteiger partial charge in [-0.3, -0.25) is 33.7 Å². The fourth-order valence-corrected chi connectivity index (χ4v) is 4.51. The lowest BCUT2D eigenvalue weighted by molar-refractivity contribution is 0.356. The van der Waals surface area contributed by atoms with Crippen molar-refractivity contribution in [2.24, 2.45) is 0 Å². The largest absolute Gasteiger partial charge is 0.494 e. The monoisotopic (exact) mass is 489 g/mol. The van der Waals surface area contributed by atoms with E-state index in [1.54, 1.807) is 18.2 Å². The minimum absolute atomic E-state index is 0.0593. The molecule has 3 aromatic rings. The Bertz CT molecular complexity index is 1300. The highest BCUT2D eigenvalue weighted by atomic mass is 32.1. The van der Waals surface area contributed by atoms with Crippen molar-refractivity contribution < 1.29 is 10.2 Å². The number of nitrogens with zero attached hydrogens (tertiary/aromatic N) is 3. The molecule has 0 aromatic carbocycles. The molecule has 0 aliphatic heterocycles. The molecule has 176 valence electrons. The summed E-state index contributed by atoms with van der Waals surface area (Å²) in [6, 6.07) is 4.54. The number of hydrogen-bond acceptors (Lipinski definition) is 7. The molecule has 3 aromatic heterocycles. The van der Waals surface area contributed by atoms with Crippen molar-refractivity contribution in [3.63, 3.8) is 0 Å². The standard InChI is InChI=1S/C22H27N5O4S2/c1-5-11(3)26-19(30)15(17(28)24-21(26)32)14(13-9-7-8-10-23-13)16-18(29)25-22(33)27(20(16)31)12(4)6-2/h7-12,14,30-31H,5-6H2,1-4H3,(H,24,28,32)(H,25,29,33)/t11-,12+,14?. The van der Waals surface area contributed by atoms with Crippen molar-refractivity contribution >= 4 is 24.4 Å². The molecule has 1 unspecified atom stereocenters. The summed E-state index contributed by atoms with van der Waals surface area (Å²) in [6.45, 7) is 7.53. The topological polar surface area (TPSA) is 129 Å². The number of aromatic nitrogens is 5. The summed E-state index contributed by atoms with van der Waals surface area (Å²) in [7, 11) is 0. The first kappa shape index (κ1) is 24.6.